The minimum absolute atomic E-state index is 0.116. The molecule has 3 heterocycles. The summed E-state index contributed by atoms with van der Waals surface area (Å²) in [6, 6.07) is 8.02. The monoisotopic (exact) mass is 629 g/mol. The Hall–Kier alpha value is -3.95. The van der Waals surface area contributed by atoms with Crippen molar-refractivity contribution in [3.05, 3.63) is 54.0 Å². The quantitative estimate of drug-likeness (QED) is 0.247. The molecule has 2 amide bonds. The predicted octanol–water partition coefficient (Wildman–Crippen LogP) is 7.31. The van der Waals surface area contributed by atoms with Crippen LogP contribution in [0.1, 0.15) is 107 Å². The van der Waals surface area contributed by atoms with Crippen molar-refractivity contribution in [1.29, 1.82) is 0 Å². The molecule has 46 heavy (non-hydrogen) atoms. The van der Waals surface area contributed by atoms with Gasteiger partial charge >= 0.3 is 6.09 Å². The topological polar surface area (TPSA) is 134 Å². The first-order valence-corrected chi connectivity index (χ1v) is 16.8. The zero-order valence-electron chi connectivity index (χ0n) is 27.5. The van der Waals surface area contributed by atoms with Crippen molar-refractivity contribution in [3.63, 3.8) is 0 Å². The molecule has 3 aliphatic rings. The van der Waals surface area contributed by atoms with Crippen LogP contribution in [0.2, 0.25) is 0 Å². The number of aryl methyl sites for hydroxylation is 1. The summed E-state index contributed by atoms with van der Waals surface area (Å²) < 4.78 is 16.6. The van der Waals surface area contributed by atoms with E-state index in [0.717, 1.165) is 98.5 Å². The number of pyridine rings is 2. The van der Waals surface area contributed by atoms with Crippen LogP contribution in [0.3, 0.4) is 0 Å². The highest BCUT2D eigenvalue weighted by Gasteiger charge is 2.39. The standard InChI is InChI=1S/C36H47N5O5/c1-22-31(44-4)16-15-29(39-22)24-7-5-23(6-8-24)20-41(34(42)26-11-13-28(14-12-26)36(2,3)46-35(37)43)32-19-27(17-18-38-32)30-21-45-33(40-30)25-9-10-25/h15-19,21,23-26,28H,5-14,20H2,1-4H3,(H2,37,43)/t23-,24-,26-,28-. The second-order valence-corrected chi connectivity index (χ2v) is 14.0. The molecule has 0 unspecified atom stereocenters. The highest BCUT2D eigenvalue weighted by atomic mass is 16.6. The van der Waals surface area contributed by atoms with Crippen molar-refractivity contribution in [2.45, 2.75) is 102 Å². The van der Waals surface area contributed by atoms with Crippen molar-refractivity contribution in [1.82, 2.24) is 15.0 Å². The van der Waals surface area contributed by atoms with Gasteiger partial charge in [0.1, 0.15) is 29.1 Å². The molecule has 3 saturated carbocycles. The lowest BCUT2D eigenvalue weighted by Crippen LogP contribution is -2.44. The molecular formula is C36H47N5O5. The number of nitrogens with two attached hydrogens (primary N) is 1. The summed E-state index contributed by atoms with van der Waals surface area (Å²) in [6.45, 7) is 6.43. The Morgan fingerprint density at radius 1 is 0.978 bits per heavy atom. The van der Waals surface area contributed by atoms with Crippen LogP contribution in [0.4, 0.5) is 10.6 Å². The van der Waals surface area contributed by atoms with Gasteiger partial charge in [-0.05, 0) is 121 Å². The van der Waals surface area contributed by atoms with Gasteiger partial charge in [0.2, 0.25) is 5.91 Å². The molecule has 246 valence electrons. The summed E-state index contributed by atoms with van der Waals surface area (Å²) in [4.78, 5) is 42.1. The molecule has 3 aromatic heterocycles. The van der Waals surface area contributed by atoms with Crippen LogP contribution in [0.15, 0.2) is 41.1 Å². The van der Waals surface area contributed by atoms with E-state index < -0.39 is 11.7 Å². The third kappa shape index (κ3) is 7.21. The van der Waals surface area contributed by atoms with E-state index in [-0.39, 0.29) is 17.7 Å². The molecule has 0 aliphatic heterocycles. The number of carbonyl (C=O) groups excluding carboxylic acids is 2. The predicted molar refractivity (Wildman–Crippen MR) is 174 cm³/mol. The van der Waals surface area contributed by atoms with Gasteiger partial charge in [0.05, 0.1) is 12.8 Å². The van der Waals surface area contributed by atoms with E-state index in [9.17, 15) is 9.59 Å². The van der Waals surface area contributed by atoms with Crippen molar-refractivity contribution < 1.29 is 23.5 Å². The highest BCUT2D eigenvalue weighted by Crippen LogP contribution is 2.42. The summed E-state index contributed by atoms with van der Waals surface area (Å²) in [5.74, 6) is 3.60. The number of anilines is 1. The maximum absolute atomic E-state index is 14.4. The minimum atomic E-state index is -0.760. The lowest BCUT2D eigenvalue weighted by Gasteiger charge is -2.39. The molecule has 0 spiro atoms. The van der Waals surface area contributed by atoms with Gasteiger partial charge in [-0.15, -0.1) is 0 Å². The van der Waals surface area contributed by atoms with Crippen LogP contribution in [0.25, 0.3) is 11.3 Å². The third-order valence-corrected chi connectivity index (χ3v) is 10.4. The van der Waals surface area contributed by atoms with Crippen molar-refractivity contribution in [2.24, 2.45) is 23.5 Å². The Balaban J connectivity index is 1.18. The summed E-state index contributed by atoms with van der Waals surface area (Å²) in [6.07, 6.45) is 12.1. The number of methoxy groups -OCH3 is 1. The first-order valence-electron chi connectivity index (χ1n) is 16.8. The number of ether oxygens (including phenoxy) is 2. The number of rotatable bonds is 10. The van der Waals surface area contributed by atoms with Gasteiger partial charge < -0.3 is 19.6 Å². The fraction of sp³-hybridized carbons (Fsp3) is 0.583. The number of carbonyl (C=O) groups is 2. The Kier molecular flexibility index (Phi) is 9.34. The van der Waals surface area contributed by atoms with Crippen LogP contribution in [0.5, 0.6) is 5.75 Å². The SMILES string of the molecule is COc1ccc([C@H]2CC[C@H](CN(c3cc(-c4coc(C5CC5)n4)ccn3)C(=O)[C@H]3CC[C@H](C(C)(C)OC(N)=O)CC3)CC2)nc1C. The van der Waals surface area contributed by atoms with Gasteiger partial charge in [0.25, 0.3) is 0 Å². The first kappa shape index (κ1) is 32.0. The van der Waals surface area contributed by atoms with E-state index in [4.69, 9.17) is 34.6 Å². The number of nitrogens with zero attached hydrogens (tertiary/aromatic N) is 4. The van der Waals surface area contributed by atoms with Gasteiger partial charge in [0, 0.05) is 41.8 Å². The smallest absolute Gasteiger partial charge is 0.405 e. The van der Waals surface area contributed by atoms with Gasteiger partial charge in [-0.1, -0.05) is 0 Å². The van der Waals surface area contributed by atoms with Gasteiger partial charge in [0.15, 0.2) is 5.89 Å². The van der Waals surface area contributed by atoms with Crippen molar-refractivity contribution >= 4 is 17.8 Å². The number of primary amides is 1. The largest absolute Gasteiger partial charge is 0.495 e. The third-order valence-electron chi connectivity index (χ3n) is 10.4. The molecule has 2 N–H and O–H groups in total. The molecule has 10 heteroatoms. The van der Waals surface area contributed by atoms with Crippen molar-refractivity contribution in [3.8, 4) is 17.0 Å². The zero-order chi connectivity index (χ0) is 32.4. The van der Waals surface area contributed by atoms with Gasteiger partial charge in [-0.25, -0.2) is 14.8 Å². The molecule has 6 rings (SSSR count). The number of hydrogen-bond acceptors (Lipinski definition) is 8. The lowest BCUT2D eigenvalue weighted by molar-refractivity contribution is -0.124. The van der Waals surface area contributed by atoms with Crippen LogP contribution >= 0.6 is 0 Å². The average Bonchev–Trinajstić information content (AvgIpc) is 3.79. The van der Waals surface area contributed by atoms with Crippen LogP contribution in [0, 0.1) is 24.7 Å². The number of oxazole rings is 1. The molecule has 0 aromatic carbocycles. The normalized spacial score (nSPS) is 23.5. The zero-order valence-corrected chi connectivity index (χ0v) is 27.5. The summed E-state index contributed by atoms with van der Waals surface area (Å²) in [5.41, 5.74) is 8.39. The second-order valence-electron chi connectivity index (χ2n) is 14.0. The molecule has 3 aliphatic carbocycles. The number of aromatic nitrogens is 3. The van der Waals surface area contributed by atoms with Gasteiger partial charge in [-0.3, -0.25) is 14.7 Å². The van der Waals surface area contributed by atoms with E-state index in [0.29, 0.717) is 30.1 Å². The lowest BCUT2D eigenvalue weighted by atomic mass is 9.74. The fourth-order valence-electron chi connectivity index (χ4n) is 7.47. The van der Waals surface area contributed by atoms with E-state index >= 15 is 0 Å². The van der Waals surface area contributed by atoms with Crippen LogP contribution in [-0.2, 0) is 9.53 Å². The Labute approximate surface area is 271 Å². The Morgan fingerprint density at radius 2 is 1.70 bits per heavy atom. The molecule has 0 atom stereocenters. The van der Waals surface area contributed by atoms with E-state index in [1.54, 1.807) is 19.6 Å². The van der Waals surface area contributed by atoms with E-state index in [1.165, 1.54) is 0 Å². The fourth-order valence-corrected chi connectivity index (χ4v) is 7.47. The summed E-state index contributed by atoms with van der Waals surface area (Å²) >= 11 is 0. The molecule has 3 aromatic rings. The maximum Gasteiger partial charge on any atom is 0.405 e. The van der Waals surface area contributed by atoms with Crippen LogP contribution in [-0.4, -0.2) is 46.2 Å². The van der Waals surface area contributed by atoms with E-state index in [2.05, 4.69) is 6.07 Å². The second kappa shape index (κ2) is 13.4. The Morgan fingerprint density at radius 3 is 2.35 bits per heavy atom. The maximum atomic E-state index is 14.4. The molecule has 0 bridgehead atoms. The van der Waals surface area contributed by atoms with Gasteiger partial charge in [-0.2, -0.15) is 0 Å². The summed E-state index contributed by atoms with van der Waals surface area (Å²) in [5, 5.41) is 0. The first-order chi connectivity index (χ1) is 22.1. The Bertz CT molecular complexity index is 1530. The average molecular weight is 630 g/mol. The minimum Gasteiger partial charge on any atom is -0.495 e. The summed E-state index contributed by atoms with van der Waals surface area (Å²) in [7, 11) is 1.68. The van der Waals surface area contributed by atoms with Crippen LogP contribution < -0.4 is 15.4 Å². The molecule has 10 nitrogen and oxygen atoms in total. The molecule has 3 fully saturated rings. The highest BCUT2D eigenvalue weighted by molar-refractivity contribution is 5.94. The van der Waals surface area contributed by atoms with E-state index in [1.807, 2.05) is 43.9 Å². The molecule has 0 saturated heterocycles. The molecular weight excluding hydrogens is 582 g/mol. The molecule has 0 radical (unpaired) electrons. The number of amides is 2. The van der Waals surface area contributed by atoms with Crippen molar-refractivity contribution in [2.75, 3.05) is 18.6 Å². The number of hydrogen-bond donors (Lipinski definition) is 1.